The molecule has 100 valence electrons. The van der Waals surface area contributed by atoms with Gasteiger partial charge in [0.05, 0.1) is 0 Å². The average Bonchev–Trinajstić information content (AvgIpc) is 2.64. The van der Waals surface area contributed by atoms with Crippen LogP contribution in [0.4, 0.5) is 0 Å². The third-order valence-electron chi connectivity index (χ3n) is 4.83. The Labute approximate surface area is 112 Å². The van der Waals surface area contributed by atoms with Crippen LogP contribution in [-0.2, 0) is 0 Å². The Morgan fingerprint density at radius 2 is 1.89 bits per heavy atom. The van der Waals surface area contributed by atoms with Crippen molar-refractivity contribution in [3.63, 3.8) is 0 Å². The predicted octanol–water partition coefficient (Wildman–Crippen LogP) is 4.39. The molecular formula is C17H27N. The topological polar surface area (TPSA) is 12.0 Å². The third-order valence-corrected chi connectivity index (χ3v) is 4.83. The first-order valence-electron chi connectivity index (χ1n) is 7.32. The standard InChI is InChI=1S/C17H27N/c1-11-6-7-13(3)16(10-11)15(5)18-17-9-8-12(2)14(17)4/h6-7,10,12,14-15,17-18H,8-9H2,1-5H3. The van der Waals surface area contributed by atoms with Crippen molar-refractivity contribution < 1.29 is 0 Å². The van der Waals surface area contributed by atoms with Crippen molar-refractivity contribution in [3.8, 4) is 0 Å². The second-order valence-corrected chi connectivity index (χ2v) is 6.27. The minimum absolute atomic E-state index is 0.461. The Bertz CT molecular complexity index is 410. The number of hydrogen-bond acceptors (Lipinski definition) is 1. The Balaban J connectivity index is 2.08. The van der Waals surface area contributed by atoms with Crippen LogP contribution in [0.15, 0.2) is 18.2 Å². The second-order valence-electron chi connectivity index (χ2n) is 6.27. The molecule has 0 bridgehead atoms. The van der Waals surface area contributed by atoms with Gasteiger partial charge in [-0.3, -0.25) is 0 Å². The van der Waals surface area contributed by atoms with Crippen molar-refractivity contribution in [2.45, 2.75) is 59.5 Å². The van der Waals surface area contributed by atoms with Crippen LogP contribution in [0.5, 0.6) is 0 Å². The van der Waals surface area contributed by atoms with Crippen LogP contribution in [-0.4, -0.2) is 6.04 Å². The highest BCUT2D eigenvalue weighted by Gasteiger charge is 2.30. The van der Waals surface area contributed by atoms with Gasteiger partial charge in [-0.05, 0) is 56.6 Å². The summed E-state index contributed by atoms with van der Waals surface area (Å²) in [6.45, 7) is 11.5. The van der Waals surface area contributed by atoms with Gasteiger partial charge in [0.1, 0.15) is 0 Å². The van der Waals surface area contributed by atoms with Gasteiger partial charge < -0.3 is 5.32 Å². The summed E-state index contributed by atoms with van der Waals surface area (Å²) in [5.74, 6) is 1.67. The minimum atomic E-state index is 0.461. The zero-order chi connectivity index (χ0) is 13.3. The molecule has 1 heteroatoms. The lowest BCUT2D eigenvalue weighted by atomic mass is 9.95. The van der Waals surface area contributed by atoms with Crippen molar-refractivity contribution in [1.82, 2.24) is 5.32 Å². The molecule has 0 radical (unpaired) electrons. The van der Waals surface area contributed by atoms with E-state index in [4.69, 9.17) is 0 Å². The lowest BCUT2D eigenvalue weighted by molar-refractivity contribution is 0.346. The molecule has 0 heterocycles. The Morgan fingerprint density at radius 1 is 1.17 bits per heavy atom. The molecule has 18 heavy (non-hydrogen) atoms. The molecule has 4 atom stereocenters. The summed E-state index contributed by atoms with van der Waals surface area (Å²) in [5.41, 5.74) is 4.22. The fourth-order valence-electron chi connectivity index (χ4n) is 3.24. The first-order chi connectivity index (χ1) is 8.49. The zero-order valence-electron chi connectivity index (χ0n) is 12.5. The van der Waals surface area contributed by atoms with E-state index >= 15 is 0 Å². The molecule has 1 aliphatic rings. The lowest BCUT2D eigenvalue weighted by Gasteiger charge is -2.25. The van der Waals surface area contributed by atoms with Crippen LogP contribution in [0.1, 0.15) is 56.3 Å². The van der Waals surface area contributed by atoms with Gasteiger partial charge in [0.2, 0.25) is 0 Å². The van der Waals surface area contributed by atoms with Crippen LogP contribution in [0.2, 0.25) is 0 Å². The van der Waals surface area contributed by atoms with E-state index < -0.39 is 0 Å². The Morgan fingerprint density at radius 3 is 2.50 bits per heavy atom. The van der Waals surface area contributed by atoms with Gasteiger partial charge in [-0.25, -0.2) is 0 Å². The molecule has 0 spiro atoms. The molecule has 1 saturated carbocycles. The molecule has 1 aliphatic carbocycles. The van der Waals surface area contributed by atoms with Crippen LogP contribution in [0, 0.1) is 25.7 Å². The molecule has 0 aromatic heterocycles. The maximum Gasteiger partial charge on any atom is 0.0297 e. The van der Waals surface area contributed by atoms with E-state index in [2.05, 4.69) is 58.1 Å². The summed E-state index contributed by atoms with van der Waals surface area (Å²) in [6.07, 6.45) is 2.70. The highest BCUT2D eigenvalue weighted by Crippen LogP contribution is 2.33. The summed E-state index contributed by atoms with van der Waals surface area (Å²) in [6, 6.07) is 7.92. The Kier molecular flexibility index (Phi) is 4.11. The van der Waals surface area contributed by atoms with Gasteiger partial charge in [0.25, 0.3) is 0 Å². The first kappa shape index (κ1) is 13.6. The van der Waals surface area contributed by atoms with Crippen LogP contribution >= 0.6 is 0 Å². The summed E-state index contributed by atoms with van der Waals surface area (Å²) < 4.78 is 0. The highest BCUT2D eigenvalue weighted by atomic mass is 15.0. The van der Waals surface area contributed by atoms with Gasteiger partial charge in [0, 0.05) is 12.1 Å². The van der Waals surface area contributed by atoms with Crippen molar-refractivity contribution in [2.75, 3.05) is 0 Å². The second kappa shape index (κ2) is 5.44. The maximum atomic E-state index is 3.84. The molecule has 1 aromatic carbocycles. The molecule has 0 amide bonds. The number of hydrogen-bond donors (Lipinski definition) is 1. The van der Waals surface area contributed by atoms with Crippen LogP contribution in [0.3, 0.4) is 0 Å². The Hall–Kier alpha value is -0.820. The number of benzene rings is 1. The van der Waals surface area contributed by atoms with E-state index in [0.717, 1.165) is 11.8 Å². The van der Waals surface area contributed by atoms with E-state index in [1.54, 1.807) is 0 Å². The highest BCUT2D eigenvalue weighted by molar-refractivity contribution is 5.32. The summed E-state index contributed by atoms with van der Waals surface area (Å²) in [7, 11) is 0. The quantitative estimate of drug-likeness (QED) is 0.833. The van der Waals surface area contributed by atoms with E-state index in [-0.39, 0.29) is 0 Å². The summed E-state index contributed by atoms with van der Waals surface area (Å²) in [5, 5.41) is 3.84. The normalized spacial score (nSPS) is 29.5. The molecule has 1 nitrogen and oxygen atoms in total. The fourth-order valence-corrected chi connectivity index (χ4v) is 3.24. The molecule has 0 saturated heterocycles. The SMILES string of the molecule is Cc1ccc(C)c(C(C)NC2CCC(C)C2C)c1. The minimum Gasteiger partial charge on any atom is -0.307 e. The van der Waals surface area contributed by atoms with Gasteiger partial charge in [-0.2, -0.15) is 0 Å². The van der Waals surface area contributed by atoms with Crippen molar-refractivity contribution in [1.29, 1.82) is 0 Å². The van der Waals surface area contributed by atoms with Gasteiger partial charge in [-0.1, -0.05) is 37.6 Å². The third kappa shape index (κ3) is 2.77. The smallest absolute Gasteiger partial charge is 0.0297 e. The summed E-state index contributed by atoms with van der Waals surface area (Å²) >= 11 is 0. The fraction of sp³-hybridized carbons (Fsp3) is 0.647. The zero-order valence-corrected chi connectivity index (χ0v) is 12.5. The molecular weight excluding hydrogens is 218 g/mol. The van der Waals surface area contributed by atoms with Gasteiger partial charge in [-0.15, -0.1) is 0 Å². The molecule has 2 rings (SSSR count). The average molecular weight is 245 g/mol. The van der Waals surface area contributed by atoms with Crippen molar-refractivity contribution in [3.05, 3.63) is 34.9 Å². The molecule has 1 N–H and O–H groups in total. The number of nitrogens with one attached hydrogen (secondary N) is 1. The van der Waals surface area contributed by atoms with Crippen molar-refractivity contribution >= 4 is 0 Å². The number of aryl methyl sites for hydroxylation is 2. The van der Waals surface area contributed by atoms with E-state index in [1.165, 1.54) is 29.5 Å². The summed E-state index contributed by atoms with van der Waals surface area (Å²) in [4.78, 5) is 0. The van der Waals surface area contributed by atoms with Gasteiger partial charge in [0.15, 0.2) is 0 Å². The van der Waals surface area contributed by atoms with Crippen molar-refractivity contribution in [2.24, 2.45) is 11.8 Å². The monoisotopic (exact) mass is 245 g/mol. The van der Waals surface area contributed by atoms with E-state index in [9.17, 15) is 0 Å². The van der Waals surface area contributed by atoms with Crippen LogP contribution in [0.25, 0.3) is 0 Å². The maximum absolute atomic E-state index is 3.84. The molecule has 4 unspecified atom stereocenters. The lowest BCUT2D eigenvalue weighted by Crippen LogP contribution is -2.34. The molecule has 0 aliphatic heterocycles. The van der Waals surface area contributed by atoms with E-state index in [0.29, 0.717) is 12.1 Å². The number of rotatable bonds is 3. The largest absolute Gasteiger partial charge is 0.307 e. The molecule has 1 fully saturated rings. The predicted molar refractivity (Wildman–Crippen MR) is 78.8 cm³/mol. The van der Waals surface area contributed by atoms with Crippen LogP contribution < -0.4 is 5.32 Å². The van der Waals surface area contributed by atoms with Gasteiger partial charge >= 0.3 is 0 Å². The van der Waals surface area contributed by atoms with E-state index in [1.807, 2.05) is 0 Å². The molecule has 1 aromatic rings. The first-order valence-corrected chi connectivity index (χ1v) is 7.32.